The number of thioether (sulfide) groups is 1. The van der Waals surface area contributed by atoms with E-state index in [4.69, 9.17) is 13.9 Å². The van der Waals surface area contributed by atoms with Gasteiger partial charge in [0.15, 0.2) is 0 Å². The molecule has 0 bridgehead atoms. The minimum Gasteiger partial charge on any atom is -0.494 e. The lowest BCUT2D eigenvalue weighted by Crippen LogP contribution is -2.26. The van der Waals surface area contributed by atoms with Crippen LogP contribution in [0.15, 0.2) is 59.0 Å². The van der Waals surface area contributed by atoms with Crippen LogP contribution in [0.25, 0.3) is 11.5 Å². The van der Waals surface area contributed by atoms with E-state index in [0.29, 0.717) is 30.2 Å². The maximum absolute atomic E-state index is 5.91. The zero-order valence-electron chi connectivity index (χ0n) is 17.9. The number of aromatic nitrogens is 2. The summed E-state index contributed by atoms with van der Waals surface area (Å²) in [5.41, 5.74) is 0.902. The van der Waals surface area contributed by atoms with E-state index >= 15 is 0 Å². The number of likely N-dealkylation sites (tertiary alicyclic amines) is 1. The Morgan fingerprint density at radius 2 is 1.77 bits per heavy atom. The van der Waals surface area contributed by atoms with Gasteiger partial charge in [-0.15, -0.1) is 22.0 Å². The summed E-state index contributed by atoms with van der Waals surface area (Å²) in [5, 5.41) is 8.34. The van der Waals surface area contributed by atoms with Crippen molar-refractivity contribution in [3.05, 3.63) is 60.5 Å². The van der Waals surface area contributed by atoms with Crippen LogP contribution in [-0.4, -0.2) is 53.7 Å². The van der Waals surface area contributed by atoms with E-state index < -0.39 is 0 Å². The smallest absolute Gasteiger partial charge is 0.247 e. The normalized spacial score (nSPS) is 16.5. The van der Waals surface area contributed by atoms with Crippen LogP contribution in [0.4, 0.5) is 0 Å². The minimum absolute atomic E-state index is 0.537. The van der Waals surface area contributed by atoms with Crippen LogP contribution in [0.2, 0.25) is 0 Å². The second-order valence-corrected chi connectivity index (χ2v) is 8.76. The zero-order valence-corrected chi connectivity index (χ0v) is 18.7. The number of hydrogen-bond donors (Lipinski definition) is 0. The summed E-state index contributed by atoms with van der Waals surface area (Å²) in [6.07, 6.45) is 3.64. The Labute approximate surface area is 188 Å². The Balaban J connectivity index is 1.17. The van der Waals surface area contributed by atoms with Gasteiger partial charge in [0, 0.05) is 17.4 Å². The summed E-state index contributed by atoms with van der Waals surface area (Å²) in [7, 11) is 2.20. The molecule has 1 fully saturated rings. The van der Waals surface area contributed by atoms with Crippen LogP contribution in [0.5, 0.6) is 11.5 Å². The van der Waals surface area contributed by atoms with Gasteiger partial charge >= 0.3 is 0 Å². The first-order chi connectivity index (χ1) is 15.3. The molecule has 1 aromatic heterocycles. The lowest BCUT2D eigenvalue weighted by Gasteiger charge is -2.19. The second kappa shape index (κ2) is 11.2. The molecule has 1 aliphatic rings. The summed E-state index contributed by atoms with van der Waals surface area (Å²) in [5.74, 6) is 4.45. The maximum atomic E-state index is 5.91. The van der Waals surface area contributed by atoms with Gasteiger partial charge in [0.1, 0.15) is 11.5 Å². The highest BCUT2D eigenvalue weighted by Gasteiger charge is 2.20. The molecule has 3 aromatic rings. The molecule has 1 saturated heterocycles. The summed E-state index contributed by atoms with van der Waals surface area (Å²) < 4.78 is 17.4. The molecule has 0 N–H and O–H groups in total. The molecule has 0 spiro atoms. The Kier molecular flexibility index (Phi) is 7.85. The first-order valence-corrected chi connectivity index (χ1v) is 11.9. The minimum atomic E-state index is 0.537. The van der Waals surface area contributed by atoms with E-state index in [1.165, 1.54) is 19.4 Å². The van der Waals surface area contributed by atoms with Crippen LogP contribution in [-0.2, 0) is 5.75 Å². The Morgan fingerprint density at radius 3 is 2.55 bits per heavy atom. The third kappa shape index (κ3) is 6.48. The zero-order chi connectivity index (χ0) is 21.3. The molecule has 4 rings (SSSR count). The number of rotatable bonds is 11. The van der Waals surface area contributed by atoms with Gasteiger partial charge in [-0.2, -0.15) is 0 Å². The molecule has 0 amide bonds. The van der Waals surface area contributed by atoms with Crippen molar-refractivity contribution in [2.75, 3.05) is 32.6 Å². The van der Waals surface area contributed by atoms with Crippen LogP contribution >= 0.6 is 11.8 Å². The molecule has 0 saturated carbocycles. The summed E-state index contributed by atoms with van der Waals surface area (Å²) in [4.78, 5) is 2.42. The monoisotopic (exact) mass is 439 g/mol. The van der Waals surface area contributed by atoms with Gasteiger partial charge in [0.2, 0.25) is 11.8 Å². The lowest BCUT2D eigenvalue weighted by molar-refractivity contribution is 0.233. The molecular formula is C24H29N3O3S. The molecule has 0 radical (unpaired) electrons. The van der Waals surface area contributed by atoms with Crippen molar-refractivity contribution in [2.45, 2.75) is 31.1 Å². The summed E-state index contributed by atoms with van der Waals surface area (Å²) in [6, 6.07) is 18.3. The van der Waals surface area contributed by atoms with Gasteiger partial charge in [-0.05, 0) is 69.3 Å². The molecule has 1 aliphatic heterocycles. The van der Waals surface area contributed by atoms with Gasteiger partial charge in [-0.25, -0.2) is 0 Å². The number of benzene rings is 2. The van der Waals surface area contributed by atoms with Gasteiger partial charge in [0.25, 0.3) is 0 Å². The van der Waals surface area contributed by atoms with E-state index in [1.807, 2.05) is 54.6 Å². The Hall–Kier alpha value is -2.51. The third-order valence-corrected chi connectivity index (χ3v) is 6.33. The summed E-state index contributed by atoms with van der Waals surface area (Å²) >= 11 is 1.71. The Morgan fingerprint density at radius 1 is 1.00 bits per heavy atom. The standard InChI is InChI=1S/C24H29N3O3S/c1-27-14-5-6-20(27)13-15-28-22-11-9-19(10-12-22)24-26-25-23(30-24)18-31-17-16-29-21-7-3-2-4-8-21/h2-4,7-12,20H,5-6,13-18H2,1H3/t20-/m1/s1. The van der Waals surface area contributed by atoms with E-state index in [9.17, 15) is 0 Å². The predicted molar refractivity (Wildman–Crippen MR) is 124 cm³/mol. The topological polar surface area (TPSA) is 60.6 Å². The first-order valence-electron chi connectivity index (χ1n) is 10.8. The molecule has 7 heteroatoms. The Bertz CT molecular complexity index is 917. The molecule has 0 unspecified atom stereocenters. The molecule has 31 heavy (non-hydrogen) atoms. The number of hydrogen-bond acceptors (Lipinski definition) is 7. The van der Waals surface area contributed by atoms with Gasteiger partial charge < -0.3 is 18.8 Å². The van der Waals surface area contributed by atoms with Crippen molar-refractivity contribution in [3.63, 3.8) is 0 Å². The van der Waals surface area contributed by atoms with E-state index in [0.717, 1.165) is 35.8 Å². The largest absolute Gasteiger partial charge is 0.494 e. The van der Waals surface area contributed by atoms with Crippen LogP contribution in [0.3, 0.4) is 0 Å². The number of nitrogens with zero attached hydrogens (tertiary/aromatic N) is 3. The van der Waals surface area contributed by atoms with E-state index in [-0.39, 0.29) is 0 Å². The van der Waals surface area contributed by atoms with Crippen molar-refractivity contribution in [1.29, 1.82) is 0 Å². The molecule has 2 aromatic carbocycles. The fourth-order valence-electron chi connectivity index (χ4n) is 3.67. The SMILES string of the molecule is CN1CCC[C@@H]1CCOc1ccc(-c2nnc(CSCCOc3ccccc3)o2)cc1. The third-order valence-electron chi connectivity index (χ3n) is 5.42. The molecular weight excluding hydrogens is 410 g/mol. The quantitative estimate of drug-likeness (QED) is 0.393. The molecule has 2 heterocycles. The van der Waals surface area contributed by atoms with Crippen molar-refractivity contribution >= 4 is 11.8 Å². The lowest BCUT2D eigenvalue weighted by atomic mass is 10.1. The highest BCUT2D eigenvalue weighted by atomic mass is 32.2. The van der Waals surface area contributed by atoms with Crippen molar-refractivity contribution in [2.24, 2.45) is 0 Å². The summed E-state index contributed by atoms with van der Waals surface area (Å²) in [6.45, 7) is 2.59. The van der Waals surface area contributed by atoms with Crippen molar-refractivity contribution in [1.82, 2.24) is 15.1 Å². The van der Waals surface area contributed by atoms with Gasteiger partial charge in [-0.1, -0.05) is 18.2 Å². The highest BCUT2D eigenvalue weighted by Crippen LogP contribution is 2.24. The fourth-order valence-corrected chi connectivity index (χ4v) is 4.31. The van der Waals surface area contributed by atoms with E-state index in [2.05, 4.69) is 22.1 Å². The molecule has 0 aliphatic carbocycles. The van der Waals surface area contributed by atoms with Gasteiger partial charge in [-0.3, -0.25) is 0 Å². The first kappa shape index (κ1) is 21.7. The average Bonchev–Trinajstić information content (AvgIpc) is 3.44. The molecule has 6 nitrogen and oxygen atoms in total. The van der Waals surface area contributed by atoms with E-state index in [1.54, 1.807) is 11.8 Å². The highest BCUT2D eigenvalue weighted by molar-refractivity contribution is 7.98. The fraction of sp³-hybridized carbons (Fsp3) is 0.417. The maximum Gasteiger partial charge on any atom is 0.247 e. The predicted octanol–water partition coefficient (Wildman–Crippen LogP) is 4.91. The van der Waals surface area contributed by atoms with Crippen LogP contribution in [0, 0.1) is 0 Å². The number of para-hydroxylation sites is 1. The average molecular weight is 440 g/mol. The van der Waals surface area contributed by atoms with Crippen LogP contribution in [0.1, 0.15) is 25.2 Å². The van der Waals surface area contributed by atoms with Crippen LogP contribution < -0.4 is 9.47 Å². The van der Waals surface area contributed by atoms with Crippen molar-refractivity contribution < 1.29 is 13.9 Å². The molecule has 1 atom stereocenters. The van der Waals surface area contributed by atoms with Crippen molar-refractivity contribution in [3.8, 4) is 23.0 Å². The number of ether oxygens (including phenoxy) is 2. The molecule has 164 valence electrons. The second-order valence-electron chi connectivity index (χ2n) is 7.65. The van der Waals surface area contributed by atoms with Gasteiger partial charge in [0.05, 0.1) is 19.0 Å².